The van der Waals surface area contributed by atoms with E-state index in [4.69, 9.17) is 14.1 Å². The maximum atomic E-state index is 13.1. The molecule has 0 saturated heterocycles. The van der Waals surface area contributed by atoms with Crippen LogP contribution in [-0.4, -0.2) is 36.0 Å². The second-order valence-corrected chi connectivity index (χ2v) is 7.13. The molecule has 31 heavy (non-hydrogen) atoms. The predicted molar refractivity (Wildman–Crippen MR) is 114 cm³/mol. The maximum Gasteiger partial charge on any atom is 0.339 e. The lowest BCUT2D eigenvalue weighted by Gasteiger charge is -2.16. The summed E-state index contributed by atoms with van der Waals surface area (Å²) < 4.78 is 10.8. The number of esters is 1. The van der Waals surface area contributed by atoms with Crippen LogP contribution in [0.3, 0.4) is 0 Å². The number of hydrogen-bond donors (Lipinski definition) is 2. The Labute approximate surface area is 178 Å². The van der Waals surface area contributed by atoms with Crippen LogP contribution in [0.2, 0.25) is 0 Å². The van der Waals surface area contributed by atoms with Crippen LogP contribution in [0.15, 0.2) is 47.1 Å². The molecule has 1 aliphatic rings. The lowest BCUT2D eigenvalue weighted by molar-refractivity contribution is -0.127. The summed E-state index contributed by atoms with van der Waals surface area (Å²) in [6, 6.07) is 10.3. The van der Waals surface area contributed by atoms with Crippen LogP contribution >= 0.6 is 0 Å². The number of hydrogen-bond acceptors (Lipinski definition) is 6. The molecule has 2 heterocycles. The van der Waals surface area contributed by atoms with Gasteiger partial charge in [0.1, 0.15) is 5.76 Å². The fourth-order valence-corrected chi connectivity index (χ4v) is 3.61. The summed E-state index contributed by atoms with van der Waals surface area (Å²) in [5, 5.41) is 5.05. The van der Waals surface area contributed by atoms with Crippen molar-refractivity contribution in [3.8, 4) is 0 Å². The van der Waals surface area contributed by atoms with E-state index in [0.29, 0.717) is 35.1 Å². The highest BCUT2D eigenvalue weighted by Crippen LogP contribution is 2.37. The molecule has 2 aromatic heterocycles. The average Bonchev–Trinajstić information content (AvgIpc) is 3.42. The van der Waals surface area contributed by atoms with Crippen LogP contribution in [0.1, 0.15) is 40.7 Å². The highest BCUT2D eigenvalue weighted by atomic mass is 16.5. The van der Waals surface area contributed by atoms with E-state index in [1.165, 1.54) is 14.0 Å². The van der Waals surface area contributed by atoms with Crippen LogP contribution in [-0.2, 0) is 16.0 Å². The van der Waals surface area contributed by atoms with Gasteiger partial charge in [-0.25, -0.2) is 14.6 Å². The van der Waals surface area contributed by atoms with Gasteiger partial charge in [0, 0.05) is 12.4 Å². The molecule has 0 fully saturated rings. The maximum absolute atomic E-state index is 13.1. The molecule has 0 unspecified atom stereocenters. The van der Waals surface area contributed by atoms with Crippen LogP contribution in [0, 0.1) is 0 Å². The van der Waals surface area contributed by atoms with Crippen molar-refractivity contribution in [3.63, 3.8) is 0 Å². The number of rotatable bonds is 4. The zero-order valence-corrected chi connectivity index (χ0v) is 17.1. The summed E-state index contributed by atoms with van der Waals surface area (Å²) in [6.07, 6.45) is 3.69. The summed E-state index contributed by atoms with van der Waals surface area (Å²) in [6.45, 7) is 1.42. The van der Waals surface area contributed by atoms with Crippen molar-refractivity contribution < 1.29 is 23.5 Å². The Hall–Kier alpha value is -3.94. The monoisotopic (exact) mass is 419 g/mol. The number of benzene rings is 1. The fourth-order valence-electron chi connectivity index (χ4n) is 3.61. The average molecular weight is 419 g/mol. The third-order valence-electron chi connectivity index (χ3n) is 5.12. The van der Waals surface area contributed by atoms with Gasteiger partial charge in [-0.1, -0.05) is 18.2 Å². The molecule has 1 atom stereocenters. The third kappa shape index (κ3) is 4.05. The van der Waals surface area contributed by atoms with Gasteiger partial charge in [-0.05, 0) is 55.2 Å². The summed E-state index contributed by atoms with van der Waals surface area (Å²) >= 11 is 0. The van der Waals surface area contributed by atoms with Crippen molar-refractivity contribution in [2.75, 3.05) is 7.05 Å². The topological polar surface area (TPSA) is 111 Å². The van der Waals surface area contributed by atoms with Gasteiger partial charge in [0.15, 0.2) is 6.10 Å². The van der Waals surface area contributed by atoms with E-state index in [0.717, 1.165) is 16.8 Å². The summed E-state index contributed by atoms with van der Waals surface area (Å²) in [4.78, 5) is 41.4. The Morgan fingerprint density at radius 3 is 2.71 bits per heavy atom. The van der Waals surface area contributed by atoms with E-state index in [1.807, 2.05) is 42.5 Å². The molecule has 3 amide bonds. The first-order chi connectivity index (χ1) is 15.0. The zero-order chi connectivity index (χ0) is 22.0. The summed E-state index contributed by atoms with van der Waals surface area (Å²) in [5.41, 5.74) is 3.52. The Bertz CT molecular complexity index is 1200. The lowest BCUT2D eigenvalue weighted by Crippen LogP contribution is -2.43. The second-order valence-electron chi connectivity index (χ2n) is 7.13. The van der Waals surface area contributed by atoms with Crippen molar-refractivity contribution in [3.05, 3.63) is 65.2 Å². The largest absolute Gasteiger partial charge is 0.465 e. The Balaban J connectivity index is 1.72. The molecule has 8 nitrogen and oxygen atoms in total. The number of carbonyl (C=O) groups is 3. The number of carbonyl (C=O) groups excluding carboxylic acids is 3. The molecule has 0 aliphatic heterocycles. The normalized spacial score (nSPS) is 14.8. The van der Waals surface area contributed by atoms with Crippen LogP contribution < -0.4 is 10.6 Å². The first-order valence-corrected chi connectivity index (χ1v) is 9.87. The highest BCUT2D eigenvalue weighted by molar-refractivity contribution is 6.08. The molecular weight excluding hydrogens is 398 g/mol. The van der Waals surface area contributed by atoms with E-state index in [9.17, 15) is 14.4 Å². The summed E-state index contributed by atoms with van der Waals surface area (Å²) in [5.74, 6) is -0.629. The zero-order valence-electron chi connectivity index (χ0n) is 17.1. The van der Waals surface area contributed by atoms with E-state index < -0.39 is 24.0 Å². The van der Waals surface area contributed by atoms with Gasteiger partial charge in [-0.3, -0.25) is 10.1 Å². The van der Waals surface area contributed by atoms with Gasteiger partial charge >= 0.3 is 12.0 Å². The second kappa shape index (κ2) is 8.43. The van der Waals surface area contributed by atoms with Crippen LogP contribution in [0.25, 0.3) is 22.6 Å². The molecule has 8 heteroatoms. The molecule has 3 aromatic rings. The van der Waals surface area contributed by atoms with Crippen molar-refractivity contribution in [1.82, 2.24) is 15.6 Å². The smallest absolute Gasteiger partial charge is 0.339 e. The van der Waals surface area contributed by atoms with Crippen LogP contribution in [0.5, 0.6) is 0 Å². The van der Waals surface area contributed by atoms with Gasteiger partial charge < -0.3 is 14.5 Å². The number of fused-ring (bicyclic) bond motifs is 2. The quantitative estimate of drug-likeness (QED) is 0.628. The molecule has 158 valence electrons. The predicted octanol–water partition coefficient (Wildman–Crippen LogP) is 3.32. The van der Waals surface area contributed by atoms with Crippen molar-refractivity contribution >= 4 is 40.5 Å². The van der Waals surface area contributed by atoms with E-state index in [1.54, 1.807) is 6.26 Å². The standard InChI is InChI=1S/C23H21N3O5/c1-13(21(27)26-23(29)24-2)31-22(28)19-16-7-3-4-8-18(16)25-20-14(9-10-17(19)20)12-15-6-5-11-30-15/h3-8,11-13H,9-10H2,1-2H3,(H2,24,26,27,29)/b14-12+/t13-/m0/s1. The highest BCUT2D eigenvalue weighted by Gasteiger charge is 2.29. The van der Waals surface area contributed by atoms with Gasteiger partial charge in [0.2, 0.25) is 0 Å². The van der Waals surface area contributed by atoms with Gasteiger partial charge in [0.25, 0.3) is 5.91 Å². The Morgan fingerprint density at radius 1 is 1.16 bits per heavy atom. The van der Waals surface area contributed by atoms with Crippen LogP contribution in [0.4, 0.5) is 4.79 Å². The number of imide groups is 1. The molecule has 0 saturated carbocycles. The number of furan rings is 1. The first-order valence-electron chi connectivity index (χ1n) is 9.87. The lowest BCUT2D eigenvalue weighted by atomic mass is 10.0. The number of amides is 3. The van der Waals surface area contributed by atoms with E-state index >= 15 is 0 Å². The number of aromatic nitrogens is 1. The molecule has 1 aromatic carbocycles. The molecule has 2 N–H and O–H groups in total. The Morgan fingerprint density at radius 2 is 1.97 bits per heavy atom. The number of ether oxygens (including phenoxy) is 1. The SMILES string of the molecule is CNC(=O)NC(=O)[C@H](C)OC(=O)c1c2c(nc3ccccc13)/C(=C/c1ccco1)CC2. The van der Waals surface area contributed by atoms with Gasteiger partial charge in [-0.15, -0.1) is 0 Å². The molecule has 1 aliphatic carbocycles. The van der Waals surface area contributed by atoms with Crippen molar-refractivity contribution in [2.24, 2.45) is 0 Å². The number of para-hydroxylation sites is 1. The van der Waals surface area contributed by atoms with Gasteiger partial charge in [-0.2, -0.15) is 0 Å². The molecule has 0 spiro atoms. The minimum absolute atomic E-state index is 0.392. The Kier molecular flexibility index (Phi) is 5.53. The minimum atomic E-state index is -1.15. The third-order valence-corrected chi connectivity index (χ3v) is 5.12. The van der Waals surface area contributed by atoms with Crippen molar-refractivity contribution in [1.29, 1.82) is 0 Å². The van der Waals surface area contributed by atoms with Crippen molar-refractivity contribution in [2.45, 2.75) is 25.9 Å². The van der Waals surface area contributed by atoms with Gasteiger partial charge in [0.05, 0.1) is 23.0 Å². The number of allylic oxidation sites excluding steroid dienone is 1. The van der Waals surface area contributed by atoms with E-state index in [-0.39, 0.29) is 0 Å². The molecule has 4 rings (SSSR count). The number of urea groups is 1. The summed E-state index contributed by atoms with van der Waals surface area (Å²) in [7, 11) is 1.39. The number of nitrogens with zero attached hydrogens (tertiary/aromatic N) is 1. The minimum Gasteiger partial charge on any atom is -0.465 e. The first kappa shape index (κ1) is 20.3. The fraction of sp³-hybridized carbons (Fsp3) is 0.217. The molecule has 0 bridgehead atoms. The molecule has 0 radical (unpaired) electrons. The number of nitrogens with one attached hydrogen (secondary N) is 2. The van der Waals surface area contributed by atoms with E-state index in [2.05, 4.69) is 10.6 Å². The molecular formula is C23H21N3O5. The number of pyridine rings is 1.